The number of fused-ring (bicyclic) bond motifs is 2. The number of rotatable bonds is 7. The number of nitrogens with zero attached hydrogens (tertiary/aromatic N) is 7. The maximum absolute atomic E-state index is 15.1. The number of halogens is 1. The zero-order valence-corrected chi connectivity index (χ0v) is 22.6. The Kier molecular flexibility index (Phi) is 7.10. The number of aryl methyl sites for hydroxylation is 1. The topological polar surface area (TPSA) is 147 Å². The first-order chi connectivity index (χ1) is 19.2. The first-order valence-electron chi connectivity index (χ1n) is 12.0. The molecule has 0 aliphatic carbocycles. The summed E-state index contributed by atoms with van der Waals surface area (Å²) in [6, 6.07) is 7.47. The molecule has 0 unspecified atom stereocenters. The summed E-state index contributed by atoms with van der Waals surface area (Å²) in [5.41, 5.74) is 2.60. The molecule has 0 saturated heterocycles. The Morgan fingerprint density at radius 3 is 2.52 bits per heavy atom. The van der Waals surface area contributed by atoms with E-state index in [2.05, 4.69) is 31.0 Å². The van der Waals surface area contributed by atoms with Gasteiger partial charge in [0.05, 0.1) is 70.3 Å². The number of thiazole rings is 1. The van der Waals surface area contributed by atoms with Crippen molar-refractivity contribution in [2.45, 2.75) is 32.9 Å². The maximum Gasteiger partial charge on any atom is 0.412 e. The molecule has 40 heavy (non-hydrogen) atoms. The number of amides is 1. The number of hydrogen-bond donors (Lipinski definition) is 1. The number of carboxylic acid groups (broad SMARTS) is 1. The number of hydrogen-bond acceptors (Lipinski definition) is 10. The van der Waals surface area contributed by atoms with E-state index in [1.165, 1.54) is 49.2 Å². The van der Waals surface area contributed by atoms with Crippen molar-refractivity contribution < 1.29 is 23.8 Å². The van der Waals surface area contributed by atoms with Crippen molar-refractivity contribution in [3.63, 3.8) is 0 Å². The lowest BCUT2D eigenvalue weighted by atomic mass is 10.1. The minimum atomic E-state index is -1.22. The molecule has 202 valence electrons. The van der Waals surface area contributed by atoms with E-state index in [1.807, 2.05) is 0 Å². The number of aromatic nitrogens is 5. The van der Waals surface area contributed by atoms with Crippen LogP contribution in [-0.4, -0.2) is 55.4 Å². The van der Waals surface area contributed by atoms with Crippen molar-refractivity contribution in [3.05, 3.63) is 60.1 Å². The van der Waals surface area contributed by atoms with Crippen LogP contribution in [-0.2, 0) is 0 Å². The number of ether oxygens (including phenoxy) is 2. The molecule has 1 N–H and O–H groups in total. The first-order valence-corrected chi connectivity index (χ1v) is 12.8. The van der Waals surface area contributed by atoms with Crippen molar-refractivity contribution in [1.82, 2.24) is 24.9 Å². The molecule has 0 aliphatic rings. The molecule has 5 rings (SSSR count). The Bertz CT molecular complexity index is 1790. The van der Waals surface area contributed by atoms with E-state index in [1.54, 1.807) is 32.9 Å². The van der Waals surface area contributed by atoms with Crippen molar-refractivity contribution in [3.8, 4) is 28.3 Å². The summed E-state index contributed by atoms with van der Waals surface area (Å²) in [5.74, 6) is 0.114. The van der Waals surface area contributed by atoms with Gasteiger partial charge in [-0.05, 0) is 32.9 Å². The third-order valence-electron chi connectivity index (χ3n) is 6.29. The summed E-state index contributed by atoms with van der Waals surface area (Å²) in [4.78, 5) is 34.6. The minimum absolute atomic E-state index is 0.0484. The van der Waals surface area contributed by atoms with Crippen molar-refractivity contribution in [1.29, 1.82) is 5.26 Å². The summed E-state index contributed by atoms with van der Waals surface area (Å²) in [6.07, 6.45) is 2.35. The smallest absolute Gasteiger partial charge is 0.412 e. The highest BCUT2D eigenvalue weighted by molar-refractivity contribution is 7.21. The van der Waals surface area contributed by atoms with E-state index in [4.69, 9.17) is 9.47 Å². The molecule has 3 heterocycles. The summed E-state index contributed by atoms with van der Waals surface area (Å²) >= 11 is 1.27. The second kappa shape index (κ2) is 10.7. The Morgan fingerprint density at radius 2 is 1.85 bits per heavy atom. The van der Waals surface area contributed by atoms with E-state index in [-0.39, 0.29) is 11.4 Å². The Hall–Kier alpha value is -4.96. The molecule has 0 radical (unpaired) electrons. The molecule has 1 amide bonds. The van der Waals surface area contributed by atoms with Crippen molar-refractivity contribution >= 4 is 44.4 Å². The van der Waals surface area contributed by atoms with Crippen molar-refractivity contribution in [2.24, 2.45) is 0 Å². The second-order valence-corrected chi connectivity index (χ2v) is 9.92. The van der Waals surface area contributed by atoms with Crippen LogP contribution in [0, 0.1) is 24.1 Å². The molecule has 0 fully saturated rings. The van der Waals surface area contributed by atoms with Gasteiger partial charge in [0, 0.05) is 17.7 Å². The number of carbonyl (C=O) groups is 1. The van der Waals surface area contributed by atoms with Crippen LogP contribution >= 0.6 is 11.3 Å². The monoisotopic (exact) mass is 559 g/mol. The molecule has 3 aromatic heterocycles. The molecular formula is C27H22FN7O4S. The summed E-state index contributed by atoms with van der Waals surface area (Å²) < 4.78 is 26.8. The Labute approximate surface area is 231 Å². The summed E-state index contributed by atoms with van der Waals surface area (Å²) in [5, 5.41) is 19.9. The molecule has 0 bridgehead atoms. The highest BCUT2D eigenvalue weighted by Gasteiger charge is 2.29. The average Bonchev–Trinajstić information content (AvgIpc) is 3.35. The molecular weight excluding hydrogens is 537 g/mol. The van der Waals surface area contributed by atoms with Gasteiger partial charge >= 0.3 is 6.09 Å². The summed E-state index contributed by atoms with van der Waals surface area (Å²) in [7, 11) is 1.48. The number of methoxy groups -OCH3 is 1. The van der Waals surface area contributed by atoms with Gasteiger partial charge in [0.1, 0.15) is 16.9 Å². The standard InChI is InChI=1S/C27H22FN7O4S/c1-13(35(27(36)37)17-10-30-15(3)31-11-17)14(2)39-22-8-23-20(7-19(22)28)34-26(40-23)18-5-16(9-29)6-21-25(18)32-12-24(33-21)38-4/h5-8,10-14H,1-4H3,(H,36,37)/t13-,14+/m1/s1. The van der Waals surface area contributed by atoms with Crippen LogP contribution in [0.2, 0.25) is 0 Å². The van der Waals surface area contributed by atoms with Gasteiger partial charge in [0.15, 0.2) is 11.6 Å². The lowest BCUT2D eigenvalue weighted by Crippen LogP contribution is -2.46. The van der Waals surface area contributed by atoms with Crippen LogP contribution < -0.4 is 14.4 Å². The van der Waals surface area contributed by atoms with E-state index < -0.39 is 24.1 Å². The van der Waals surface area contributed by atoms with Gasteiger partial charge < -0.3 is 14.6 Å². The quantitative estimate of drug-likeness (QED) is 0.276. The second-order valence-electron chi connectivity index (χ2n) is 8.89. The number of benzene rings is 2. The normalized spacial score (nSPS) is 12.6. The fraction of sp³-hybridized carbons (Fsp3) is 0.222. The molecule has 13 heteroatoms. The Morgan fingerprint density at radius 1 is 1.10 bits per heavy atom. The van der Waals surface area contributed by atoms with Gasteiger partial charge in [0.2, 0.25) is 5.88 Å². The first kappa shape index (κ1) is 26.6. The predicted molar refractivity (Wildman–Crippen MR) is 146 cm³/mol. The van der Waals surface area contributed by atoms with E-state index in [0.717, 1.165) is 4.90 Å². The Balaban J connectivity index is 1.48. The van der Waals surface area contributed by atoms with E-state index in [9.17, 15) is 15.2 Å². The van der Waals surface area contributed by atoms with Gasteiger partial charge in [-0.1, -0.05) is 0 Å². The minimum Gasteiger partial charge on any atom is -0.485 e. The zero-order valence-electron chi connectivity index (χ0n) is 21.8. The molecule has 11 nitrogen and oxygen atoms in total. The third-order valence-corrected chi connectivity index (χ3v) is 7.34. The number of anilines is 1. The van der Waals surface area contributed by atoms with Crippen LogP contribution in [0.1, 0.15) is 25.2 Å². The SMILES string of the molecule is COc1cnc2c(-c3nc4cc(F)c(O[C@@H](C)[C@@H](C)N(C(=O)O)c5cnc(C)nc5)cc4s3)cc(C#N)cc2n1. The van der Waals surface area contributed by atoms with Gasteiger partial charge in [-0.3, -0.25) is 4.90 Å². The fourth-order valence-corrected chi connectivity index (χ4v) is 5.10. The lowest BCUT2D eigenvalue weighted by molar-refractivity contribution is 0.167. The van der Waals surface area contributed by atoms with Gasteiger partial charge in [-0.15, -0.1) is 11.3 Å². The molecule has 0 spiro atoms. The molecule has 2 aromatic carbocycles. The lowest BCUT2D eigenvalue weighted by Gasteiger charge is -2.30. The van der Waals surface area contributed by atoms with Crippen LogP contribution in [0.4, 0.5) is 14.9 Å². The van der Waals surface area contributed by atoms with Crippen molar-refractivity contribution in [2.75, 3.05) is 12.0 Å². The van der Waals surface area contributed by atoms with E-state index >= 15 is 4.39 Å². The molecule has 0 aliphatic heterocycles. The van der Waals surface area contributed by atoms with Crippen LogP contribution in [0.15, 0.2) is 42.9 Å². The maximum atomic E-state index is 15.1. The van der Waals surface area contributed by atoms with Gasteiger partial charge in [-0.2, -0.15) is 5.26 Å². The zero-order chi connectivity index (χ0) is 28.6. The third kappa shape index (κ3) is 5.04. The molecule has 0 saturated carbocycles. The highest BCUT2D eigenvalue weighted by Crippen LogP contribution is 2.37. The summed E-state index contributed by atoms with van der Waals surface area (Å²) in [6.45, 7) is 5.01. The van der Waals surface area contributed by atoms with Crippen LogP contribution in [0.25, 0.3) is 31.8 Å². The fourth-order valence-electron chi connectivity index (χ4n) is 4.11. The van der Waals surface area contributed by atoms with Crippen LogP contribution in [0.5, 0.6) is 11.6 Å². The number of nitriles is 1. The highest BCUT2D eigenvalue weighted by atomic mass is 32.1. The molecule has 5 aromatic rings. The molecule has 2 atom stereocenters. The largest absolute Gasteiger partial charge is 0.485 e. The van der Waals surface area contributed by atoms with E-state index in [0.29, 0.717) is 49.1 Å². The predicted octanol–water partition coefficient (Wildman–Crippen LogP) is 5.36. The average molecular weight is 560 g/mol. The van der Waals surface area contributed by atoms with Gasteiger partial charge in [0.25, 0.3) is 0 Å². The van der Waals surface area contributed by atoms with Gasteiger partial charge in [-0.25, -0.2) is 34.1 Å². The van der Waals surface area contributed by atoms with Crippen LogP contribution in [0.3, 0.4) is 0 Å².